The van der Waals surface area contributed by atoms with E-state index < -0.39 is 0 Å². The van der Waals surface area contributed by atoms with Gasteiger partial charge in [-0.2, -0.15) is 11.8 Å². The van der Waals surface area contributed by atoms with Gasteiger partial charge in [-0.05, 0) is 42.2 Å². The summed E-state index contributed by atoms with van der Waals surface area (Å²) in [4.78, 5) is 4.05. The predicted octanol–water partition coefficient (Wildman–Crippen LogP) is 3.00. The van der Waals surface area contributed by atoms with Crippen LogP contribution in [0.15, 0.2) is 24.5 Å². The van der Waals surface area contributed by atoms with Crippen molar-refractivity contribution in [2.24, 2.45) is 11.7 Å². The lowest BCUT2D eigenvalue weighted by Crippen LogP contribution is -2.11. The van der Waals surface area contributed by atoms with Gasteiger partial charge in [-0.3, -0.25) is 4.98 Å². The summed E-state index contributed by atoms with van der Waals surface area (Å²) in [7, 11) is 0. The van der Waals surface area contributed by atoms with Crippen LogP contribution in [0.25, 0.3) is 0 Å². The van der Waals surface area contributed by atoms with E-state index >= 15 is 0 Å². The number of hydrogen-bond acceptors (Lipinski definition) is 3. The van der Waals surface area contributed by atoms with Crippen LogP contribution in [0.2, 0.25) is 0 Å². The maximum absolute atomic E-state index is 5.85. The first-order chi connectivity index (χ1) is 7.90. The second kappa shape index (κ2) is 6.26. The van der Waals surface area contributed by atoms with Crippen LogP contribution >= 0.6 is 11.8 Å². The van der Waals surface area contributed by atoms with Crippen LogP contribution < -0.4 is 5.73 Å². The molecule has 0 amide bonds. The van der Waals surface area contributed by atoms with E-state index in [9.17, 15) is 0 Å². The molecule has 1 heterocycles. The third kappa shape index (κ3) is 3.22. The summed E-state index contributed by atoms with van der Waals surface area (Å²) in [5, 5.41) is 0.448. The zero-order valence-corrected chi connectivity index (χ0v) is 10.5. The lowest BCUT2D eigenvalue weighted by molar-refractivity contribution is 0.621. The molecule has 2 rings (SSSR count). The van der Waals surface area contributed by atoms with Gasteiger partial charge in [-0.15, -0.1) is 0 Å². The smallest absolute Gasteiger partial charge is 0.0420 e. The summed E-state index contributed by atoms with van der Waals surface area (Å²) < 4.78 is 0. The highest BCUT2D eigenvalue weighted by Gasteiger charge is 2.17. The average molecular weight is 236 g/mol. The van der Waals surface area contributed by atoms with Crippen molar-refractivity contribution in [3.05, 3.63) is 30.1 Å². The van der Waals surface area contributed by atoms with Crippen LogP contribution in [0, 0.1) is 5.92 Å². The molecule has 1 aromatic rings. The largest absolute Gasteiger partial charge is 0.329 e. The minimum absolute atomic E-state index is 0.448. The lowest BCUT2D eigenvalue weighted by atomic mass is 10.1. The van der Waals surface area contributed by atoms with E-state index in [1.807, 2.05) is 24.2 Å². The van der Waals surface area contributed by atoms with Crippen molar-refractivity contribution in [2.45, 2.75) is 30.9 Å². The number of nitrogens with zero attached hydrogens (tertiary/aromatic N) is 1. The molecule has 0 bridgehead atoms. The molecule has 0 radical (unpaired) electrons. The standard InChI is InChI=1S/C13H20N2S/c14-9-13(12-5-7-15-8-6-12)16-10-11-3-1-2-4-11/h5-8,11,13H,1-4,9-10,14H2. The maximum Gasteiger partial charge on any atom is 0.0420 e. The van der Waals surface area contributed by atoms with Gasteiger partial charge in [-0.25, -0.2) is 0 Å². The lowest BCUT2D eigenvalue weighted by Gasteiger charge is -2.17. The average Bonchev–Trinajstić information content (AvgIpc) is 2.84. The maximum atomic E-state index is 5.85. The van der Waals surface area contributed by atoms with E-state index in [2.05, 4.69) is 17.1 Å². The van der Waals surface area contributed by atoms with E-state index in [0.717, 1.165) is 12.5 Å². The first kappa shape index (κ1) is 11.9. The molecule has 3 heteroatoms. The summed E-state index contributed by atoms with van der Waals surface area (Å²) in [6.45, 7) is 0.724. The summed E-state index contributed by atoms with van der Waals surface area (Å²) in [6.07, 6.45) is 9.39. The molecule has 1 aliphatic rings. The molecule has 1 unspecified atom stereocenters. The fraction of sp³-hybridized carbons (Fsp3) is 0.615. The van der Waals surface area contributed by atoms with Crippen molar-refractivity contribution >= 4 is 11.8 Å². The highest BCUT2D eigenvalue weighted by Crippen LogP contribution is 2.34. The number of nitrogens with two attached hydrogens (primary N) is 1. The highest BCUT2D eigenvalue weighted by atomic mass is 32.2. The molecular formula is C13H20N2S. The van der Waals surface area contributed by atoms with Crippen LogP contribution in [0.1, 0.15) is 36.5 Å². The number of aromatic nitrogens is 1. The number of rotatable bonds is 5. The van der Waals surface area contributed by atoms with Crippen molar-refractivity contribution < 1.29 is 0 Å². The van der Waals surface area contributed by atoms with Crippen molar-refractivity contribution in [1.82, 2.24) is 4.98 Å². The minimum atomic E-state index is 0.448. The fourth-order valence-electron chi connectivity index (χ4n) is 2.31. The number of hydrogen-bond donors (Lipinski definition) is 1. The van der Waals surface area contributed by atoms with Crippen molar-refractivity contribution in [3.8, 4) is 0 Å². The minimum Gasteiger partial charge on any atom is -0.329 e. The van der Waals surface area contributed by atoms with Crippen molar-refractivity contribution in [3.63, 3.8) is 0 Å². The predicted molar refractivity (Wildman–Crippen MR) is 70.4 cm³/mol. The Labute approximate surface area is 102 Å². The van der Waals surface area contributed by atoms with Gasteiger partial charge in [0.15, 0.2) is 0 Å². The monoisotopic (exact) mass is 236 g/mol. The summed E-state index contributed by atoms with van der Waals surface area (Å²) in [6, 6.07) is 4.17. The van der Waals surface area contributed by atoms with Gasteiger partial charge in [0.2, 0.25) is 0 Å². The first-order valence-electron chi connectivity index (χ1n) is 6.11. The third-order valence-corrected chi connectivity index (χ3v) is 4.83. The summed E-state index contributed by atoms with van der Waals surface area (Å²) in [5.74, 6) is 2.20. The molecule has 1 aromatic heterocycles. The molecule has 0 aliphatic heterocycles. The van der Waals surface area contributed by atoms with E-state index in [1.54, 1.807) is 0 Å². The van der Waals surface area contributed by atoms with E-state index in [0.29, 0.717) is 5.25 Å². The molecule has 1 saturated carbocycles. The number of thioether (sulfide) groups is 1. The van der Waals surface area contributed by atoms with E-state index in [-0.39, 0.29) is 0 Å². The Bertz CT molecular complexity index is 296. The normalized spacial score (nSPS) is 18.8. The Balaban J connectivity index is 1.85. The van der Waals surface area contributed by atoms with Gasteiger partial charge in [0.25, 0.3) is 0 Å². The van der Waals surface area contributed by atoms with Gasteiger partial charge in [0.05, 0.1) is 0 Å². The van der Waals surface area contributed by atoms with Gasteiger partial charge in [0.1, 0.15) is 0 Å². The zero-order valence-electron chi connectivity index (χ0n) is 9.64. The topological polar surface area (TPSA) is 38.9 Å². The van der Waals surface area contributed by atoms with Crippen LogP contribution in [0.3, 0.4) is 0 Å². The molecule has 88 valence electrons. The Hall–Kier alpha value is -0.540. The fourth-order valence-corrected chi connectivity index (χ4v) is 3.63. The van der Waals surface area contributed by atoms with Gasteiger partial charge < -0.3 is 5.73 Å². The van der Waals surface area contributed by atoms with Crippen LogP contribution in [0.4, 0.5) is 0 Å². The Morgan fingerprint density at radius 1 is 1.31 bits per heavy atom. The molecule has 0 aromatic carbocycles. The van der Waals surface area contributed by atoms with Crippen LogP contribution in [-0.2, 0) is 0 Å². The van der Waals surface area contributed by atoms with Crippen LogP contribution in [-0.4, -0.2) is 17.3 Å². The Morgan fingerprint density at radius 2 is 2.00 bits per heavy atom. The molecule has 2 N–H and O–H groups in total. The molecule has 0 spiro atoms. The quantitative estimate of drug-likeness (QED) is 0.854. The summed E-state index contributed by atoms with van der Waals surface area (Å²) in [5.41, 5.74) is 7.17. The van der Waals surface area contributed by atoms with Gasteiger partial charge in [0, 0.05) is 24.2 Å². The molecular weight excluding hydrogens is 216 g/mol. The Kier molecular flexibility index (Phi) is 4.67. The SMILES string of the molecule is NCC(SCC1CCCC1)c1ccncc1. The second-order valence-corrected chi connectivity index (χ2v) is 5.72. The second-order valence-electron chi connectivity index (χ2n) is 4.49. The third-order valence-electron chi connectivity index (χ3n) is 3.30. The number of pyridine rings is 1. The highest BCUT2D eigenvalue weighted by molar-refractivity contribution is 7.99. The molecule has 1 fully saturated rings. The molecule has 0 saturated heterocycles. The molecule has 16 heavy (non-hydrogen) atoms. The van der Waals surface area contributed by atoms with Crippen molar-refractivity contribution in [2.75, 3.05) is 12.3 Å². The van der Waals surface area contributed by atoms with E-state index in [1.165, 1.54) is 37.0 Å². The molecule has 1 aliphatic carbocycles. The first-order valence-corrected chi connectivity index (χ1v) is 7.16. The van der Waals surface area contributed by atoms with E-state index in [4.69, 9.17) is 5.73 Å². The van der Waals surface area contributed by atoms with Gasteiger partial charge in [-0.1, -0.05) is 12.8 Å². The van der Waals surface area contributed by atoms with Crippen molar-refractivity contribution in [1.29, 1.82) is 0 Å². The van der Waals surface area contributed by atoms with Crippen LogP contribution in [0.5, 0.6) is 0 Å². The summed E-state index contributed by atoms with van der Waals surface area (Å²) >= 11 is 2.02. The molecule has 2 nitrogen and oxygen atoms in total. The zero-order chi connectivity index (χ0) is 11.2. The Morgan fingerprint density at radius 3 is 2.62 bits per heavy atom. The van der Waals surface area contributed by atoms with Gasteiger partial charge >= 0.3 is 0 Å². The molecule has 1 atom stereocenters.